The summed E-state index contributed by atoms with van der Waals surface area (Å²) in [6.45, 7) is 1.98. The summed E-state index contributed by atoms with van der Waals surface area (Å²) in [5.74, 6) is -0.617. The fourth-order valence-corrected chi connectivity index (χ4v) is 2.14. The van der Waals surface area contributed by atoms with Crippen molar-refractivity contribution >= 4 is 11.6 Å². The maximum Gasteiger partial charge on any atom is 0.418 e. The van der Waals surface area contributed by atoms with Gasteiger partial charge in [0.25, 0.3) is 5.91 Å². The molecule has 0 aliphatic carbocycles. The average Bonchev–Trinajstić information content (AvgIpc) is 2.79. The standard InChI is InChI=1S/C15H16F3N3O/c1-3-6-10-9-13(21(2)20-10)14(22)19-12-8-5-4-7-11(12)15(16,17)18/h4-5,7-9H,3,6H2,1-2H3,(H,19,22). The monoisotopic (exact) mass is 311 g/mol. The fourth-order valence-electron chi connectivity index (χ4n) is 2.14. The summed E-state index contributed by atoms with van der Waals surface area (Å²) in [7, 11) is 1.59. The molecular formula is C15H16F3N3O. The van der Waals surface area contributed by atoms with E-state index in [-0.39, 0.29) is 11.4 Å². The third-order valence-electron chi connectivity index (χ3n) is 3.15. The van der Waals surface area contributed by atoms with Gasteiger partial charge in [0, 0.05) is 7.05 Å². The second-order valence-corrected chi connectivity index (χ2v) is 4.89. The first-order valence-corrected chi connectivity index (χ1v) is 6.83. The number of halogens is 3. The van der Waals surface area contributed by atoms with Crippen LogP contribution in [0.15, 0.2) is 30.3 Å². The van der Waals surface area contributed by atoms with Crippen LogP contribution >= 0.6 is 0 Å². The van der Waals surface area contributed by atoms with E-state index in [1.807, 2.05) is 6.92 Å². The minimum atomic E-state index is -4.52. The van der Waals surface area contributed by atoms with Crippen molar-refractivity contribution < 1.29 is 18.0 Å². The second-order valence-electron chi connectivity index (χ2n) is 4.89. The van der Waals surface area contributed by atoms with Crippen LogP contribution in [0.2, 0.25) is 0 Å². The number of benzene rings is 1. The Bertz CT molecular complexity index is 677. The van der Waals surface area contributed by atoms with Crippen LogP contribution in [0, 0.1) is 0 Å². The SMILES string of the molecule is CCCc1cc(C(=O)Nc2ccccc2C(F)(F)F)n(C)n1. The zero-order valence-electron chi connectivity index (χ0n) is 12.2. The molecular weight excluding hydrogens is 295 g/mol. The molecule has 22 heavy (non-hydrogen) atoms. The number of para-hydroxylation sites is 1. The lowest BCUT2D eigenvalue weighted by Gasteiger charge is -2.13. The highest BCUT2D eigenvalue weighted by Gasteiger charge is 2.33. The Balaban J connectivity index is 2.26. The second kappa shape index (κ2) is 6.21. The van der Waals surface area contributed by atoms with Crippen LogP contribution < -0.4 is 5.32 Å². The molecule has 118 valence electrons. The van der Waals surface area contributed by atoms with E-state index in [4.69, 9.17) is 0 Å². The largest absolute Gasteiger partial charge is 0.418 e. The van der Waals surface area contributed by atoms with Gasteiger partial charge in [0.15, 0.2) is 0 Å². The molecule has 0 fully saturated rings. The smallest absolute Gasteiger partial charge is 0.320 e. The number of hydrogen-bond acceptors (Lipinski definition) is 2. The molecule has 0 radical (unpaired) electrons. The molecule has 1 aromatic heterocycles. The van der Waals surface area contributed by atoms with Crippen LogP contribution in [0.25, 0.3) is 0 Å². The van der Waals surface area contributed by atoms with Crippen molar-refractivity contribution in [1.82, 2.24) is 9.78 Å². The number of anilines is 1. The van der Waals surface area contributed by atoms with Crippen LogP contribution in [0.3, 0.4) is 0 Å². The molecule has 1 heterocycles. The first-order chi connectivity index (χ1) is 10.3. The molecule has 1 aromatic carbocycles. The summed E-state index contributed by atoms with van der Waals surface area (Å²) >= 11 is 0. The number of carbonyl (C=O) groups excluding carboxylic acids is 1. The minimum Gasteiger partial charge on any atom is -0.320 e. The molecule has 0 spiro atoms. The van der Waals surface area contributed by atoms with Gasteiger partial charge in [0.2, 0.25) is 0 Å². The van der Waals surface area contributed by atoms with Gasteiger partial charge in [0.05, 0.1) is 16.9 Å². The fraction of sp³-hybridized carbons (Fsp3) is 0.333. The number of aromatic nitrogens is 2. The van der Waals surface area contributed by atoms with Crippen molar-refractivity contribution in [2.45, 2.75) is 25.9 Å². The van der Waals surface area contributed by atoms with E-state index in [1.54, 1.807) is 13.1 Å². The Labute approximate surface area is 125 Å². The first-order valence-electron chi connectivity index (χ1n) is 6.83. The van der Waals surface area contributed by atoms with Gasteiger partial charge < -0.3 is 5.32 Å². The highest BCUT2D eigenvalue weighted by atomic mass is 19.4. The van der Waals surface area contributed by atoms with Crippen LogP contribution in [0.1, 0.15) is 35.1 Å². The molecule has 0 aliphatic rings. The predicted molar refractivity (Wildman–Crippen MR) is 76.6 cm³/mol. The highest BCUT2D eigenvalue weighted by molar-refractivity contribution is 6.03. The first kappa shape index (κ1) is 16.1. The normalized spacial score (nSPS) is 11.5. The van der Waals surface area contributed by atoms with Crippen molar-refractivity contribution in [3.05, 3.63) is 47.3 Å². The van der Waals surface area contributed by atoms with E-state index in [1.165, 1.54) is 22.9 Å². The van der Waals surface area contributed by atoms with Gasteiger partial charge in [-0.3, -0.25) is 9.48 Å². The lowest BCUT2D eigenvalue weighted by atomic mass is 10.1. The zero-order chi connectivity index (χ0) is 16.3. The number of aryl methyl sites for hydroxylation is 2. The van der Waals surface area contributed by atoms with Gasteiger partial charge in [-0.2, -0.15) is 18.3 Å². The van der Waals surface area contributed by atoms with Crippen LogP contribution in [-0.2, 0) is 19.6 Å². The molecule has 0 unspecified atom stereocenters. The van der Waals surface area contributed by atoms with Crippen LogP contribution in [0.5, 0.6) is 0 Å². The number of amides is 1. The molecule has 1 N–H and O–H groups in total. The van der Waals surface area contributed by atoms with Crippen molar-refractivity contribution in [2.75, 3.05) is 5.32 Å². The van der Waals surface area contributed by atoms with Gasteiger partial charge >= 0.3 is 6.18 Å². The number of nitrogens with zero attached hydrogens (tertiary/aromatic N) is 2. The number of rotatable bonds is 4. The Kier molecular flexibility index (Phi) is 4.54. The van der Waals surface area contributed by atoms with Gasteiger partial charge in [-0.25, -0.2) is 0 Å². The van der Waals surface area contributed by atoms with Crippen molar-refractivity contribution in [3.63, 3.8) is 0 Å². The van der Waals surface area contributed by atoms with Gasteiger partial charge in [-0.15, -0.1) is 0 Å². The van der Waals surface area contributed by atoms with Crippen molar-refractivity contribution in [1.29, 1.82) is 0 Å². The molecule has 1 amide bonds. The molecule has 4 nitrogen and oxygen atoms in total. The van der Waals surface area contributed by atoms with Crippen molar-refractivity contribution in [2.24, 2.45) is 7.05 Å². The van der Waals surface area contributed by atoms with Crippen LogP contribution in [0.4, 0.5) is 18.9 Å². The molecule has 7 heteroatoms. The van der Waals surface area contributed by atoms with E-state index >= 15 is 0 Å². The Hall–Kier alpha value is -2.31. The predicted octanol–water partition coefficient (Wildman–Crippen LogP) is 3.64. The summed E-state index contributed by atoms with van der Waals surface area (Å²) in [6, 6.07) is 6.47. The number of alkyl halides is 3. The van der Waals surface area contributed by atoms with E-state index < -0.39 is 17.6 Å². The molecule has 0 atom stereocenters. The van der Waals surface area contributed by atoms with Crippen molar-refractivity contribution in [3.8, 4) is 0 Å². The maximum absolute atomic E-state index is 12.9. The Morgan fingerprint density at radius 3 is 2.64 bits per heavy atom. The number of carbonyl (C=O) groups is 1. The number of nitrogens with one attached hydrogen (secondary N) is 1. The van der Waals surface area contributed by atoms with Gasteiger partial charge in [-0.05, 0) is 24.6 Å². The number of hydrogen-bond donors (Lipinski definition) is 1. The van der Waals surface area contributed by atoms with Gasteiger partial charge in [-0.1, -0.05) is 25.5 Å². The van der Waals surface area contributed by atoms with Crippen LogP contribution in [-0.4, -0.2) is 15.7 Å². The van der Waals surface area contributed by atoms with Gasteiger partial charge in [0.1, 0.15) is 5.69 Å². The molecule has 2 aromatic rings. The average molecular weight is 311 g/mol. The van der Waals surface area contributed by atoms with E-state index in [9.17, 15) is 18.0 Å². The topological polar surface area (TPSA) is 46.9 Å². The van der Waals surface area contributed by atoms with E-state index in [0.717, 1.165) is 18.2 Å². The Morgan fingerprint density at radius 1 is 1.32 bits per heavy atom. The summed E-state index contributed by atoms with van der Waals surface area (Å²) in [5.41, 5.74) is -0.183. The lowest BCUT2D eigenvalue weighted by molar-refractivity contribution is -0.136. The third-order valence-corrected chi connectivity index (χ3v) is 3.15. The van der Waals surface area contributed by atoms with E-state index in [0.29, 0.717) is 6.42 Å². The summed E-state index contributed by atoms with van der Waals surface area (Å²) in [6.07, 6.45) is -2.95. The maximum atomic E-state index is 12.9. The minimum absolute atomic E-state index is 0.223. The molecule has 2 rings (SSSR count). The quantitative estimate of drug-likeness (QED) is 0.937. The summed E-state index contributed by atoms with van der Waals surface area (Å²) in [4.78, 5) is 12.2. The summed E-state index contributed by atoms with van der Waals surface area (Å²) in [5, 5.41) is 6.48. The molecule has 0 saturated carbocycles. The lowest BCUT2D eigenvalue weighted by Crippen LogP contribution is -2.19. The molecule has 0 bridgehead atoms. The zero-order valence-corrected chi connectivity index (χ0v) is 12.2. The third kappa shape index (κ3) is 3.47. The molecule has 0 aliphatic heterocycles. The Morgan fingerprint density at radius 2 is 2.00 bits per heavy atom. The summed E-state index contributed by atoms with van der Waals surface area (Å²) < 4.78 is 40.1. The highest BCUT2D eigenvalue weighted by Crippen LogP contribution is 2.34. The molecule has 0 saturated heterocycles. The van der Waals surface area contributed by atoms with E-state index in [2.05, 4.69) is 10.4 Å².